The number of aryl methyl sites for hydroxylation is 6. The normalized spacial score (nSPS) is 8.22. The predicted octanol–water partition coefficient (Wildman–Crippen LogP) is 6.98. The fraction of sp³-hybridized carbons (Fsp3) is 0.167. The molecule has 6 rings (SSSR count). The van der Waals surface area contributed by atoms with Gasteiger partial charge in [-0.15, -0.1) is 0 Å². The fourth-order valence-electron chi connectivity index (χ4n) is 3.17. The van der Waals surface area contributed by atoms with Gasteiger partial charge < -0.3 is 27.4 Å². The Morgan fingerprint density at radius 1 is 0.296 bits per heavy atom. The number of hydrogen-bond donors (Lipinski definition) is 0. The van der Waals surface area contributed by atoms with E-state index in [0.717, 1.165) is 34.9 Å². The molecule has 276 valence electrons. The van der Waals surface area contributed by atoms with Crippen LogP contribution in [0.4, 0.5) is 0 Å². The van der Waals surface area contributed by atoms with E-state index >= 15 is 0 Å². The molecule has 6 heterocycles. The van der Waals surface area contributed by atoms with Crippen molar-refractivity contribution in [2.45, 2.75) is 0 Å². The lowest BCUT2D eigenvalue weighted by Gasteiger charge is -1.87. The van der Waals surface area contributed by atoms with Gasteiger partial charge in [-0.2, -0.15) is 0 Å². The summed E-state index contributed by atoms with van der Waals surface area (Å²) in [5, 5.41) is 0. The van der Waals surface area contributed by atoms with Gasteiger partial charge in [0.15, 0.2) is 34.9 Å². The SMILES string of the molecule is Cn1ccnc1C#CI.Cn1ccnc1C#CI.Cn1ccnc1C#CI.Cn1ccnc1C#CI.Cn1ccnc1C#CI.Cn1ccnc1C#CI. The van der Waals surface area contributed by atoms with Crippen molar-refractivity contribution in [3.63, 3.8) is 0 Å². The summed E-state index contributed by atoms with van der Waals surface area (Å²) in [5.41, 5.74) is 0. The summed E-state index contributed by atoms with van der Waals surface area (Å²) in [6.45, 7) is 0. The minimum atomic E-state index is 0.810. The minimum absolute atomic E-state index is 0.810. The van der Waals surface area contributed by atoms with Gasteiger partial charge in [0.05, 0.1) is 0 Å². The molecule has 0 saturated carbocycles. The van der Waals surface area contributed by atoms with Gasteiger partial charge in [0.2, 0.25) is 0 Å². The van der Waals surface area contributed by atoms with Gasteiger partial charge in [0.1, 0.15) is 0 Å². The van der Waals surface area contributed by atoms with E-state index in [9.17, 15) is 0 Å². The quantitative estimate of drug-likeness (QED) is 0.120. The van der Waals surface area contributed by atoms with E-state index in [1.807, 2.05) is 242 Å². The van der Waals surface area contributed by atoms with E-state index in [4.69, 9.17) is 0 Å². The van der Waals surface area contributed by atoms with Gasteiger partial charge in [-0.1, -0.05) is 0 Å². The monoisotopic (exact) mass is 1390 g/mol. The van der Waals surface area contributed by atoms with E-state index in [0.29, 0.717) is 0 Å². The van der Waals surface area contributed by atoms with Gasteiger partial charge in [-0.25, -0.2) is 29.9 Å². The summed E-state index contributed by atoms with van der Waals surface area (Å²) in [5.74, 6) is 21.9. The van der Waals surface area contributed by atoms with Crippen molar-refractivity contribution >= 4 is 136 Å². The van der Waals surface area contributed by atoms with Crippen molar-refractivity contribution in [2.24, 2.45) is 42.3 Å². The third kappa shape index (κ3) is 20.1. The van der Waals surface area contributed by atoms with Gasteiger partial charge in [-0.3, -0.25) is 0 Å². The molecule has 0 unspecified atom stereocenters. The van der Waals surface area contributed by atoms with E-state index in [2.05, 4.69) is 89.0 Å². The Balaban J connectivity index is 0.000000324. The van der Waals surface area contributed by atoms with E-state index in [1.54, 1.807) is 37.2 Å². The highest BCUT2D eigenvalue weighted by molar-refractivity contribution is 14.1. The minimum Gasteiger partial charge on any atom is -0.327 e. The Labute approximate surface area is 398 Å². The molecule has 0 aliphatic rings. The lowest BCUT2D eigenvalue weighted by molar-refractivity contribution is 0.894. The molecule has 0 spiro atoms. The van der Waals surface area contributed by atoms with Crippen LogP contribution < -0.4 is 0 Å². The molecule has 0 bridgehead atoms. The lowest BCUT2D eigenvalue weighted by Crippen LogP contribution is -1.89. The molecule has 54 heavy (non-hydrogen) atoms. The van der Waals surface area contributed by atoms with Gasteiger partial charge in [0, 0.05) is 252 Å². The second kappa shape index (κ2) is 30.2. The first-order valence-electron chi connectivity index (χ1n) is 14.6. The van der Waals surface area contributed by atoms with Crippen LogP contribution in [0.5, 0.6) is 0 Å². The zero-order valence-electron chi connectivity index (χ0n) is 29.6. The predicted molar refractivity (Wildman–Crippen MR) is 265 cm³/mol. The van der Waals surface area contributed by atoms with Crippen molar-refractivity contribution in [2.75, 3.05) is 0 Å². The number of aromatic nitrogens is 12. The third-order valence-corrected chi connectivity index (χ3v) is 7.50. The summed E-state index contributed by atoms with van der Waals surface area (Å²) < 4.78 is 27.8. The molecular formula is C36H30I6N12. The summed E-state index contributed by atoms with van der Waals surface area (Å²) in [6.07, 6.45) is 21.6. The van der Waals surface area contributed by atoms with Crippen LogP contribution in [0.3, 0.4) is 0 Å². The van der Waals surface area contributed by atoms with Crippen LogP contribution in [0.1, 0.15) is 34.9 Å². The number of halogens is 6. The molecular weight excluding hydrogens is 1360 g/mol. The standard InChI is InChI=1S/6C6H5IN2/c6*1-9-5-4-8-6(9)2-3-7/h6*4-5H,1H3. The van der Waals surface area contributed by atoms with Crippen LogP contribution in [-0.4, -0.2) is 57.3 Å². The Morgan fingerprint density at radius 2 is 0.426 bits per heavy atom. The average molecular weight is 1390 g/mol. The van der Waals surface area contributed by atoms with Gasteiger partial charge >= 0.3 is 0 Å². The van der Waals surface area contributed by atoms with Crippen LogP contribution in [0, 0.1) is 59.1 Å². The Kier molecular flexibility index (Phi) is 27.5. The van der Waals surface area contributed by atoms with Crippen molar-refractivity contribution in [3.8, 4) is 59.1 Å². The molecule has 0 aliphatic carbocycles. The Bertz CT molecular complexity index is 1960. The molecule has 6 aromatic heterocycles. The highest BCUT2D eigenvalue weighted by Gasteiger charge is 1.92. The largest absolute Gasteiger partial charge is 0.327 e. The number of imidazole rings is 6. The average Bonchev–Trinajstić information content (AvgIpc) is 4.04. The molecule has 12 nitrogen and oxygen atoms in total. The molecule has 0 radical (unpaired) electrons. The van der Waals surface area contributed by atoms with Crippen molar-refractivity contribution < 1.29 is 0 Å². The molecule has 0 fully saturated rings. The lowest BCUT2D eigenvalue weighted by atomic mass is 10.6. The maximum absolute atomic E-state index is 3.99. The zero-order valence-corrected chi connectivity index (χ0v) is 42.5. The highest BCUT2D eigenvalue weighted by Crippen LogP contribution is 1.94. The summed E-state index contributed by atoms with van der Waals surface area (Å²) in [7, 11) is 11.5. The molecule has 18 heteroatoms. The summed E-state index contributed by atoms with van der Waals surface area (Å²) >= 11 is 11.9. The molecule has 0 aromatic carbocycles. The van der Waals surface area contributed by atoms with Crippen LogP contribution in [-0.2, 0) is 42.3 Å². The molecule has 0 N–H and O–H groups in total. The maximum Gasteiger partial charge on any atom is 0.185 e. The fourth-order valence-corrected chi connectivity index (χ4v) is 4.62. The highest BCUT2D eigenvalue weighted by atomic mass is 127. The van der Waals surface area contributed by atoms with Crippen LogP contribution in [0.2, 0.25) is 0 Å². The van der Waals surface area contributed by atoms with Crippen LogP contribution in [0.25, 0.3) is 0 Å². The smallest absolute Gasteiger partial charge is 0.185 e. The van der Waals surface area contributed by atoms with Gasteiger partial charge in [-0.05, 0) is 59.1 Å². The first-order chi connectivity index (χ1) is 26.1. The number of nitrogens with zero attached hydrogens (tertiary/aromatic N) is 12. The van der Waals surface area contributed by atoms with E-state index < -0.39 is 0 Å². The van der Waals surface area contributed by atoms with Crippen LogP contribution >= 0.6 is 136 Å². The van der Waals surface area contributed by atoms with Gasteiger partial charge in [0.25, 0.3) is 0 Å². The first kappa shape index (κ1) is 49.0. The zero-order chi connectivity index (χ0) is 40.1. The molecule has 0 amide bonds. The van der Waals surface area contributed by atoms with E-state index in [1.165, 1.54) is 0 Å². The first-order valence-corrected chi connectivity index (χ1v) is 21.1. The Hall–Kier alpha value is -3.00. The molecule has 0 aliphatic heterocycles. The second-order valence-electron chi connectivity index (χ2n) is 9.49. The summed E-state index contributed by atoms with van der Waals surface area (Å²) in [4.78, 5) is 23.9. The number of hydrogen-bond acceptors (Lipinski definition) is 6. The third-order valence-electron chi connectivity index (χ3n) is 5.88. The molecule has 0 atom stereocenters. The topological polar surface area (TPSA) is 107 Å². The molecule has 0 saturated heterocycles. The molecule has 6 aromatic rings. The van der Waals surface area contributed by atoms with Crippen LogP contribution in [0.15, 0.2) is 74.4 Å². The second-order valence-corrected chi connectivity index (χ2v) is 12.7. The number of rotatable bonds is 0. The van der Waals surface area contributed by atoms with Crippen molar-refractivity contribution in [3.05, 3.63) is 109 Å². The van der Waals surface area contributed by atoms with Crippen molar-refractivity contribution in [1.82, 2.24) is 57.3 Å². The Morgan fingerprint density at radius 3 is 0.500 bits per heavy atom. The maximum atomic E-state index is 3.99. The summed E-state index contributed by atoms with van der Waals surface area (Å²) in [6, 6.07) is 0. The van der Waals surface area contributed by atoms with Crippen molar-refractivity contribution in [1.29, 1.82) is 0 Å². The van der Waals surface area contributed by atoms with E-state index in [-0.39, 0.29) is 0 Å².